The normalized spacial score (nSPS) is 19.7. The lowest BCUT2D eigenvalue weighted by molar-refractivity contribution is 0.113. The van der Waals surface area contributed by atoms with Gasteiger partial charge in [0.15, 0.2) is 0 Å². The molecule has 4 aliphatic heterocycles. The topological polar surface area (TPSA) is 282 Å². The molecule has 4 amide bonds. The van der Waals surface area contributed by atoms with E-state index in [0.29, 0.717) is 139 Å². The van der Waals surface area contributed by atoms with Gasteiger partial charge in [0.2, 0.25) is 20.0 Å². The van der Waals surface area contributed by atoms with E-state index in [1.54, 1.807) is 24.3 Å². The summed E-state index contributed by atoms with van der Waals surface area (Å²) in [7, 11) is -4.14. The number of nitriles is 2. The molecular weight excluding hydrogens is 1130 g/mol. The lowest BCUT2D eigenvalue weighted by Gasteiger charge is -2.36. The van der Waals surface area contributed by atoms with Crippen molar-refractivity contribution in [3.05, 3.63) is 125 Å². The summed E-state index contributed by atoms with van der Waals surface area (Å²) in [6.07, 6.45) is 2.78. The number of nitrogens with zero attached hydrogens (tertiary/aromatic N) is 6. The van der Waals surface area contributed by atoms with Crippen LogP contribution in [0.15, 0.2) is 58.3 Å². The summed E-state index contributed by atoms with van der Waals surface area (Å²) >= 11 is 13.1. The first-order valence-electron chi connectivity index (χ1n) is 27.9. The molecule has 0 saturated carbocycles. The number of halogens is 2. The van der Waals surface area contributed by atoms with Gasteiger partial charge in [0.05, 0.1) is 59.5 Å². The van der Waals surface area contributed by atoms with Gasteiger partial charge in [-0.05, 0) is 171 Å². The molecular formula is C58H76Cl2N12O8S2. The van der Waals surface area contributed by atoms with Crippen LogP contribution in [0.4, 0.5) is 9.59 Å². The third-order valence-corrected chi connectivity index (χ3v) is 18.7. The molecule has 2 saturated heterocycles. The summed E-state index contributed by atoms with van der Waals surface area (Å²) in [4.78, 5) is 33.9. The predicted molar refractivity (Wildman–Crippen MR) is 315 cm³/mol. The van der Waals surface area contributed by atoms with Crippen LogP contribution in [-0.4, -0.2) is 168 Å². The number of likely N-dealkylation sites (N-methyl/N-ethyl adjacent to an activating group) is 2. The summed E-state index contributed by atoms with van der Waals surface area (Å²) in [6.45, 7) is 13.3. The molecule has 4 aliphatic rings. The van der Waals surface area contributed by atoms with Crippen LogP contribution in [0, 0.1) is 36.5 Å². The lowest BCUT2D eigenvalue weighted by atomic mass is 9.77. The number of urea groups is 2. The van der Waals surface area contributed by atoms with Gasteiger partial charge in [-0.15, -0.1) is 0 Å². The number of hydrogen-bond donors (Lipinski definition) is 6. The maximum atomic E-state index is 13.1. The van der Waals surface area contributed by atoms with Gasteiger partial charge in [0, 0.05) is 100 Å². The number of amides is 4. The minimum Gasteiger partial charge on any atom is -0.378 e. The highest BCUT2D eigenvalue weighted by Crippen LogP contribution is 2.46. The Bertz CT molecular complexity index is 3100. The van der Waals surface area contributed by atoms with E-state index in [2.05, 4.69) is 53.0 Å². The van der Waals surface area contributed by atoms with Crippen LogP contribution in [0.2, 0.25) is 10.0 Å². The van der Waals surface area contributed by atoms with Crippen molar-refractivity contribution in [2.75, 3.05) is 119 Å². The molecule has 4 aromatic carbocycles. The van der Waals surface area contributed by atoms with Crippen molar-refractivity contribution in [2.24, 2.45) is 10.3 Å². The minimum absolute atomic E-state index is 0.104. The molecule has 4 atom stereocenters. The number of nitrogens with one attached hydrogen (secondary N) is 4. The Morgan fingerprint density at radius 2 is 0.988 bits per heavy atom. The number of carbonyl (C=O) groups excluding carboxylic acids is 2. The number of primary sulfonamides is 2. The first-order valence-corrected chi connectivity index (χ1v) is 31.8. The fourth-order valence-electron chi connectivity index (χ4n) is 12.6. The number of aryl methyl sites for hydroxylation is 2. The predicted octanol–water partition coefficient (Wildman–Crippen LogP) is 5.49. The molecule has 0 radical (unpaired) electrons. The maximum absolute atomic E-state index is 13.1. The van der Waals surface area contributed by atoms with Crippen LogP contribution in [0.5, 0.6) is 0 Å². The van der Waals surface area contributed by atoms with Crippen LogP contribution >= 0.6 is 23.2 Å². The molecule has 0 bridgehead atoms. The van der Waals surface area contributed by atoms with Crippen molar-refractivity contribution in [2.45, 2.75) is 86.1 Å². The number of carbonyl (C=O) groups is 2. The van der Waals surface area contributed by atoms with Gasteiger partial charge in [-0.25, -0.2) is 36.7 Å². The third kappa shape index (κ3) is 15.5. The van der Waals surface area contributed by atoms with E-state index in [1.807, 2.05) is 52.2 Å². The smallest absolute Gasteiger partial charge is 0.314 e. The fraction of sp³-hybridized carbons (Fsp3) is 0.517. The number of rotatable bonds is 23. The first-order chi connectivity index (χ1) is 39.1. The highest BCUT2D eigenvalue weighted by atomic mass is 35.5. The molecule has 0 spiro atoms. The summed E-state index contributed by atoms with van der Waals surface area (Å²) in [6, 6.07) is 18.0. The van der Waals surface area contributed by atoms with Gasteiger partial charge in [0.1, 0.15) is 0 Å². The summed E-state index contributed by atoms with van der Waals surface area (Å²) < 4.78 is 64.3. The van der Waals surface area contributed by atoms with Crippen molar-refractivity contribution in [1.29, 1.82) is 10.5 Å². The van der Waals surface area contributed by atoms with Crippen molar-refractivity contribution in [1.82, 2.24) is 40.9 Å². The third-order valence-electron chi connectivity index (χ3n) is 16.3. The largest absolute Gasteiger partial charge is 0.378 e. The highest BCUT2D eigenvalue weighted by Gasteiger charge is 2.39. The molecule has 442 valence electrons. The van der Waals surface area contributed by atoms with Crippen LogP contribution < -0.4 is 31.5 Å². The standard InChI is InChI=1S/C58H76Cl2N12O8S2/c1-37-7-9-51(81(63,75)76)55(53(37)49-35-69(3)33-47-41(29-61)25-43(59)27-45(47)49)39-11-17-71(31-39)19-23-79-21-15-67-57(73)65-13-5-6-14-66-58(74)68-16-22-80-24-20-72-18-12-40(32-72)56-52(82(64,77)78)10-8-38(2)54(56)50-36-70(4)34-48-42(30-62)26-44(60)28-46(48)50/h7-10,25-28,39-40,49-50H,5-6,11-24,31-36H2,1-4H3,(H2,63,75,76)(H2,64,77,78)(H2,65,67,73)(H2,66,68,74)/t39-,40-,49?,50?/m0/s1. The monoisotopic (exact) mass is 1200 g/mol. The van der Waals surface area contributed by atoms with Crippen LogP contribution in [0.25, 0.3) is 0 Å². The molecule has 8 N–H and O–H groups in total. The molecule has 4 aromatic rings. The van der Waals surface area contributed by atoms with Crippen molar-refractivity contribution >= 4 is 55.3 Å². The van der Waals surface area contributed by atoms with E-state index < -0.39 is 20.0 Å². The maximum Gasteiger partial charge on any atom is 0.314 e. The average molecular weight is 1200 g/mol. The number of hydrogen-bond acceptors (Lipinski definition) is 14. The summed E-state index contributed by atoms with van der Waals surface area (Å²) in [5.41, 5.74) is 9.89. The lowest BCUT2D eigenvalue weighted by Crippen LogP contribution is -2.39. The van der Waals surface area contributed by atoms with Gasteiger partial charge in [0.25, 0.3) is 0 Å². The summed E-state index contributed by atoms with van der Waals surface area (Å²) in [5, 5.41) is 43.9. The second-order valence-electron chi connectivity index (χ2n) is 22.1. The zero-order valence-electron chi connectivity index (χ0n) is 47.2. The zero-order valence-corrected chi connectivity index (χ0v) is 50.3. The quantitative estimate of drug-likeness (QED) is 0.0501. The SMILES string of the molecule is Cc1ccc(S(N)(=O)=O)c([C@H]2CCN(CCOCCNC(=O)NCCCCNC(=O)NCCOCCN3CC[C@H](c4c(S(N)(=O)=O)ccc(C)c4C4CN(C)Cc5c(C#N)cc(Cl)cc54)C3)C2)c1C1CN(C)Cc2c(C#N)cc(Cl)cc21. The second-order valence-corrected chi connectivity index (χ2v) is 26.1. The van der Waals surface area contributed by atoms with Crippen molar-refractivity contribution in [3.8, 4) is 12.1 Å². The van der Waals surface area contributed by atoms with E-state index in [0.717, 1.165) is 81.6 Å². The van der Waals surface area contributed by atoms with Crippen LogP contribution in [0.1, 0.15) is 116 Å². The van der Waals surface area contributed by atoms with Gasteiger partial charge in [-0.2, -0.15) is 10.5 Å². The Morgan fingerprint density at radius 3 is 1.37 bits per heavy atom. The molecule has 2 fully saturated rings. The fourth-order valence-corrected chi connectivity index (χ4v) is 14.7. The minimum atomic E-state index is -4.06. The number of benzene rings is 4. The Hall–Kier alpha value is -5.44. The molecule has 4 heterocycles. The van der Waals surface area contributed by atoms with E-state index >= 15 is 0 Å². The van der Waals surface area contributed by atoms with Gasteiger partial charge >= 0.3 is 12.1 Å². The Labute approximate surface area is 492 Å². The van der Waals surface area contributed by atoms with E-state index in [1.165, 1.54) is 0 Å². The molecule has 24 heteroatoms. The van der Waals surface area contributed by atoms with Gasteiger partial charge in [-0.3, -0.25) is 0 Å². The van der Waals surface area contributed by atoms with Crippen molar-refractivity contribution in [3.63, 3.8) is 0 Å². The number of unbranched alkanes of at least 4 members (excludes halogenated alkanes) is 1. The van der Waals surface area contributed by atoms with Gasteiger partial charge < -0.3 is 50.3 Å². The Morgan fingerprint density at radius 1 is 0.598 bits per heavy atom. The molecule has 0 aliphatic carbocycles. The van der Waals surface area contributed by atoms with Crippen LogP contribution in [0.3, 0.4) is 0 Å². The first kappa shape index (κ1) is 62.6. The number of fused-ring (bicyclic) bond motifs is 2. The van der Waals surface area contributed by atoms with Gasteiger partial charge in [-0.1, -0.05) is 35.3 Å². The second kappa shape index (κ2) is 28.0. The zero-order chi connectivity index (χ0) is 58.9. The molecule has 2 unspecified atom stereocenters. The molecule has 8 rings (SSSR count). The van der Waals surface area contributed by atoms with E-state index in [9.17, 15) is 36.9 Å². The average Bonchev–Trinajstić information content (AvgIpc) is 2.18. The number of ether oxygens (including phenoxy) is 2. The summed E-state index contributed by atoms with van der Waals surface area (Å²) in [5.74, 6) is -0.641. The van der Waals surface area contributed by atoms with E-state index in [-0.39, 0.29) is 45.5 Å². The number of sulfonamides is 2. The Balaban J connectivity index is 0.686. The van der Waals surface area contributed by atoms with Crippen LogP contribution in [-0.2, 0) is 42.6 Å². The number of likely N-dealkylation sites (tertiary alicyclic amines) is 2. The van der Waals surface area contributed by atoms with Crippen molar-refractivity contribution < 1.29 is 35.9 Å². The highest BCUT2D eigenvalue weighted by molar-refractivity contribution is 7.89. The molecule has 82 heavy (non-hydrogen) atoms. The molecule has 0 aromatic heterocycles. The Kier molecular flexibility index (Phi) is 21.3. The number of nitrogens with two attached hydrogens (primary N) is 2. The molecule has 20 nitrogen and oxygen atoms in total. The van der Waals surface area contributed by atoms with E-state index in [4.69, 9.17) is 43.0 Å².